The third-order valence-corrected chi connectivity index (χ3v) is 3.91. The second-order valence-corrected chi connectivity index (χ2v) is 6.02. The third kappa shape index (κ3) is 5.87. The molecule has 1 heterocycles. The van der Waals surface area contributed by atoms with Crippen molar-refractivity contribution in [2.24, 2.45) is 5.10 Å². The normalized spacial score (nSPS) is 10.8. The predicted octanol–water partition coefficient (Wildman–Crippen LogP) is 3.47. The van der Waals surface area contributed by atoms with Crippen molar-refractivity contribution in [3.05, 3.63) is 95.8 Å². The Balaban J connectivity index is 1.62. The summed E-state index contributed by atoms with van der Waals surface area (Å²) < 4.78 is 10.6. The number of nitrogens with one attached hydrogen (secondary N) is 1. The average Bonchev–Trinajstić information content (AvgIpc) is 2.79. The van der Waals surface area contributed by atoms with Gasteiger partial charge in [0.1, 0.15) is 0 Å². The molecule has 1 N–H and O–H groups in total. The highest BCUT2D eigenvalue weighted by Crippen LogP contribution is 2.27. The number of nitrogens with zero attached hydrogens (tertiary/aromatic N) is 2. The summed E-state index contributed by atoms with van der Waals surface area (Å²) in [4.78, 5) is 27.9. The van der Waals surface area contributed by atoms with Crippen LogP contribution in [0.3, 0.4) is 0 Å². The van der Waals surface area contributed by atoms with Gasteiger partial charge in [-0.2, -0.15) is 5.10 Å². The summed E-state index contributed by atoms with van der Waals surface area (Å²) in [5.74, 6) is -0.264. The molecular weight excluding hydrogens is 382 g/mol. The zero-order valence-corrected chi connectivity index (χ0v) is 16.2. The van der Waals surface area contributed by atoms with Crippen molar-refractivity contribution in [1.29, 1.82) is 0 Å². The number of pyridine rings is 1. The van der Waals surface area contributed by atoms with Crippen molar-refractivity contribution in [1.82, 2.24) is 10.4 Å². The molecule has 0 aliphatic carbocycles. The van der Waals surface area contributed by atoms with Crippen LogP contribution in [0.4, 0.5) is 0 Å². The highest BCUT2D eigenvalue weighted by atomic mass is 16.6. The molecule has 0 spiro atoms. The van der Waals surface area contributed by atoms with Crippen LogP contribution >= 0.6 is 0 Å². The highest BCUT2D eigenvalue weighted by Gasteiger charge is 2.09. The predicted molar refractivity (Wildman–Crippen MR) is 113 cm³/mol. The van der Waals surface area contributed by atoms with E-state index in [9.17, 15) is 9.59 Å². The maximum absolute atomic E-state index is 12.1. The minimum atomic E-state index is -0.526. The molecule has 0 bridgehead atoms. The van der Waals surface area contributed by atoms with E-state index in [1.807, 2.05) is 30.3 Å². The van der Waals surface area contributed by atoms with E-state index >= 15 is 0 Å². The van der Waals surface area contributed by atoms with Crippen LogP contribution in [0.5, 0.6) is 11.5 Å². The number of aromatic nitrogens is 1. The molecule has 0 aliphatic rings. The summed E-state index contributed by atoms with van der Waals surface area (Å²) in [5, 5.41) is 3.92. The first-order chi connectivity index (χ1) is 14.7. The van der Waals surface area contributed by atoms with Crippen molar-refractivity contribution < 1.29 is 19.1 Å². The number of hydrogen-bond acceptors (Lipinski definition) is 6. The number of rotatable bonds is 7. The Bertz CT molecular complexity index is 1060. The molecule has 3 rings (SSSR count). The number of benzene rings is 2. The van der Waals surface area contributed by atoms with Gasteiger partial charge < -0.3 is 9.47 Å². The van der Waals surface area contributed by atoms with Gasteiger partial charge in [0.05, 0.1) is 18.9 Å². The molecule has 0 radical (unpaired) electrons. The van der Waals surface area contributed by atoms with E-state index in [4.69, 9.17) is 9.47 Å². The Morgan fingerprint density at radius 3 is 2.57 bits per heavy atom. The molecule has 30 heavy (non-hydrogen) atoms. The largest absolute Gasteiger partial charge is 0.493 e. The second-order valence-electron chi connectivity index (χ2n) is 6.02. The van der Waals surface area contributed by atoms with E-state index in [1.165, 1.54) is 25.6 Å². The van der Waals surface area contributed by atoms with Gasteiger partial charge in [-0.3, -0.25) is 9.78 Å². The quantitative estimate of drug-likeness (QED) is 0.215. The number of amides is 1. The summed E-state index contributed by atoms with van der Waals surface area (Å²) in [7, 11) is 1.47. The van der Waals surface area contributed by atoms with E-state index in [0.717, 1.165) is 5.56 Å². The van der Waals surface area contributed by atoms with Gasteiger partial charge in [0, 0.05) is 18.5 Å². The van der Waals surface area contributed by atoms with Crippen LogP contribution in [-0.4, -0.2) is 30.2 Å². The molecule has 0 fully saturated rings. The van der Waals surface area contributed by atoms with Crippen molar-refractivity contribution in [2.75, 3.05) is 7.11 Å². The van der Waals surface area contributed by atoms with Crippen molar-refractivity contribution in [3.63, 3.8) is 0 Å². The van der Waals surface area contributed by atoms with Crippen LogP contribution in [0.15, 0.2) is 84.2 Å². The lowest BCUT2D eigenvalue weighted by molar-refractivity contribution is -0.129. The van der Waals surface area contributed by atoms with Gasteiger partial charge in [0.15, 0.2) is 11.5 Å². The van der Waals surface area contributed by atoms with Crippen molar-refractivity contribution in [2.45, 2.75) is 0 Å². The number of methoxy groups -OCH3 is 1. The van der Waals surface area contributed by atoms with Crippen molar-refractivity contribution in [3.8, 4) is 11.5 Å². The van der Waals surface area contributed by atoms with E-state index < -0.39 is 5.97 Å². The Labute approximate surface area is 173 Å². The molecule has 1 amide bonds. The van der Waals surface area contributed by atoms with Gasteiger partial charge in [0.2, 0.25) is 0 Å². The number of ether oxygens (including phenoxy) is 2. The molecule has 0 unspecified atom stereocenters. The molecule has 150 valence electrons. The van der Waals surface area contributed by atoms with Crippen molar-refractivity contribution >= 4 is 24.2 Å². The summed E-state index contributed by atoms with van der Waals surface area (Å²) in [6, 6.07) is 17.6. The van der Waals surface area contributed by atoms with Gasteiger partial charge in [-0.1, -0.05) is 30.3 Å². The average molecular weight is 401 g/mol. The summed E-state index contributed by atoms with van der Waals surface area (Å²) in [6.07, 6.45) is 7.50. The van der Waals surface area contributed by atoms with Gasteiger partial charge in [-0.05, 0) is 47.5 Å². The number of hydrogen-bond donors (Lipinski definition) is 1. The molecule has 1 aromatic heterocycles. The monoisotopic (exact) mass is 401 g/mol. The van der Waals surface area contributed by atoms with E-state index in [-0.39, 0.29) is 11.7 Å². The standard InChI is InChI=1S/C23H19N3O4/c1-29-21-14-18(15-25-26-23(28)19-8-5-13-24-16-19)9-11-20(21)30-22(27)12-10-17-6-3-2-4-7-17/h2-16H,1H3,(H,26,28)/b12-10+,25-15-. The number of carbonyl (C=O) groups is 2. The molecular formula is C23H19N3O4. The second kappa shape index (κ2) is 10.3. The lowest BCUT2D eigenvalue weighted by atomic mass is 10.2. The maximum Gasteiger partial charge on any atom is 0.336 e. The van der Waals surface area contributed by atoms with Gasteiger partial charge in [-0.25, -0.2) is 10.2 Å². The van der Waals surface area contributed by atoms with Crippen LogP contribution < -0.4 is 14.9 Å². The Hall–Kier alpha value is -4.26. The van der Waals surface area contributed by atoms with Gasteiger partial charge >= 0.3 is 5.97 Å². The highest BCUT2D eigenvalue weighted by molar-refractivity contribution is 5.94. The lowest BCUT2D eigenvalue weighted by Crippen LogP contribution is -2.17. The van der Waals surface area contributed by atoms with Crippen LogP contribution in [0.25, 0.3) is 6.08 Å². The zero-order chi connectivity index (χ0) is 21.2. The number of hydrazone groups is 1. The smallest absolute Gasteiger partial charge is 0.336 e. The van der Waals surface area contributed by atoms with Gasteiger partial charge in [-0.15, -0.1) is 0 Å². The molecule has 0 atom stereocenters. The van der Waals surface area contributed by atoms with Gasteiger partial charge in [0.25, 0.3) is 5.91 Å². The fraction of sp³-hybridized carbons (Fsp3) is 0.0435. The van der Waals surface area contributed by atoms with E-state index in [1.54, 1.807) is 42.6 Å². The minimum absolute atomic E-state index is 0.275. The summed E-state index contributed by atoms with van der Waals surface area (Å²) >= 11 is 0. The van der Waals surface area contributed by atoms with Crippen LogP contribution in [0.1, 0.15) is 21.5 Å². The molecule has 0 saturated carbocycles. The Kier molecular flexibility index (Phi) is 7.05. The fourth-order valence-corrected chi connectivity index (χ4v) is 2.45. The first-order valence-corrected chi connectivity index (χ1v) is 9.02. The molecule has 0 aliphatic heterocycles. The Morgan fingerprint density at radius 1 is 1.00 bits per heavy atom. The third-order valence-electron chi connectivity index (χ3n) is 3.91. The molecule has 7 nitrogen and oxygen atoms in total. The Morgan fingerprint density at radius 2 is 1.83 bits per heavy atom. The fourth-order valence-electron chi connectivity index (χ4n) is 2.45. The zero-order valence-electron chi connectivity index (χ0n) is 16.2. The first kappa shape index (κ1) is 20.5. The molecule has 2 aromatic carbocycles. The van der Waals surface area contributed by atoms with Crippen LogP contribution in [0.2, 0.25) is 0 Å². The summed E-state index contributed by atoms with van der Waals surface area (Å²) in [6.45, 7) is 0. The number of esters is 1. The topological polar surface area (TPSA) is 89.9 Å². The first-order valence-electron chi connectivity index (χ1n) is 9.02. The lowest BCUT2D eigenvalue weighted by Gasteiger charge is -2.08. The minimum Gasteiger partial charge on any atom is -0.493 e. The van der Waals surface area contributed by atoms with Crippen LogP contribution in [-0.2, 0) is 4.79 Å². The molecule has 7 heteroatoms. The summed E-state index contributed by atoms with van der Waals surface area (Å²) in [5.41, 5.74) is 4.36. The SMILES string of the molecule is COc1cc(/C=N\NC(=O)c2cccnc2)ccc1OC(=O)/C=C/c1ccccc1. The van der Waals surface area contributed by atoms with E-state index in [2.05, 4.69) is 15.5 Å². The van der Waals surface area contributed by atoms with Crippen LogP contribution in [0, 0.1) is 0 Å². The number of carbonyl (C=O) groups excluding carboxylic acids is 2. The maximum atomic E-state index is 12.1. The molecule has 3 aromatic rings. The molecule has 0 saturated heterocycles. The van der Waals surface area contributed by atoms with E-state index in [0.29, 0.717) is 16.9 Å².